The molecule has 0 saturated heterocycles. The van der Waals surface area contributed by atoms with Crippen molar-refractivity contribution in [2.45, 2.75) is 170 Å². The minimum atomic E-state index is -1.00. The number of halogens is 10. The summed E-state index contributed by atoms with van der Waals surface area (Å²) in [7, 11) is 5.26. The van der Waals surface area contributed by atoms with Crippen molar-refractivity contribution in [3.8, 4) is 34.5 Å². The minimum absolute atomic E-state index is 0.0182. The van der Waals surface area contributed by atoms with Crippen LogP contribution >= 0.6 is 126 Å². The van der Waals surface area contributed by atoms with Gasteiger partial charge >= 0.3 is 36.6 Å². The quantitative estimate of drug-likeness (QED) is 0.0193. The average Bonchev–Trinajstić information content (AvgIpc) is 1.61. The van der Waals surface area contributed by atoms with Gasteiger partial charge < -0.3 is 76.5 Å². The molecule has 2 atom stereocenters. The van der Waals surface area contributed by atoms with Crippen LogP contribution in [-0.4, -0.2) is 186 Å². The number of nitrogens with zero attached hydrogens (tertiary/aromatic N) is 3. The van der Waals surface area contributed by atoms with Gasteiger partial charge in [0.15, 0.2) is 27.2 Å². The molecule has 0 bridgehead atoms. The van der Waals surface area contributed by atoms with Crippen molar-refractivity contribution < 1.29 is 111 Å². The highest BCUT2D eigenvalue weighted by Crippen LogP contribution is 2.49. The Bertz CT molecular complexity index is 6560. The van der Waals surface area contributed by atoms with Crippen LogP contribution in [0.15, 0.2) is 217 Å². The minimum Gasteiger partial charge on any atom is -0.507 e. The van der Waals surface area contributed by atoms with Crippen molar-refractivity contribution in [1.82, 2.24) is 0 Å². The number of phenols is 2. The van der Waals surface area contributed by atoms with Crippen LogP contribution in [0.4, 0.5) is 67.3 Å². The molecule has 38 heteroatoms. The summed E-state index contributed by atoms with van der Waals surface area (Å²) in [5.74, 6) is 4.27. The largest absolute Gasteiger partial charge is 0.507 e. The monoisotopic (exact) mass is 2430 g/mol. The number of rotatable bonds is 21. The van der Waals surface area contributed by atoms with Crippen LogP contribution in [0.1, 0.15) is 149 Å². The second-order valence-corrected chi connectivity index (χ2v) is 43.1. The van der Waals surface area contributed by atoms with Crippen LogP contribution in [-0.2, 0) is 47.4 Å². The summed E-state index contributed by atoms with van der Waals surface area (Å²) in [6.07, 6.45) is 0.560. The number of anilines is 6. The number of methoxy groups -OCH3 is 4. The summed E-state index contributed by atoms with van der Waals surface area (Å²) in [5.41, 5.74) is 5.34. The first-order valence-corrected chi connectivity index (χ1v) is 52.6. The molecular formula is C112H134Cl7FI2N6O22. The lowest BCUT2D eigenvalue weighted by molar-refractivity contribution is 0.0519. The number of aromatic hydroxyl groups is 2. The van der Waals surface area contributed by atoms with Crippen molar-refractivity contribution in [2.24, 2.45) is 0 Å². The number of alkyl halides is 6. The molecule has 14 rings (SSSR count). The molecule has 12 aromatic carbocycles. The first kappa shape index (κ1) is 126. The summed E-state index contributed by atoms with van der Waals surface area (Å²) < 4.78 is 92.5. The fourth-order valence-corrected chi connectivity index (χ4v) is 17.2. The molecule has 12 aromatic rings. The predicted octanol–water partition coefficient (Wildman–Crippen LogP) is 32.3. The van der Waals surface area contributed by atoms with Crippen molar-refractivity contribution in [2.75, 3.05) is 136 Å². The van der Waals surface area contributed by atoms with Gasteiger partial charge in [-0.15, -0.1) is 58.0 Å². The van der Waals surface area contributed by atoms with Gasteiger partial charge in [-0.2, -0.15) is 0 Å². The molecule has 150 heavy (non-hydrogen) atoms. The van der Waals surface area contributed by atoms with E-state index in [-0.39, 0.29) is 68.5 Å². The van der Waals surface area contributed by atoms with Gasteiger partial charge in [0.25, 0.3) is 0 Å². The normalized spacial score (nSPS) is 13.1. The van der Waals surface area contributed by atoms with Crippen molar-refractivity contribution in [3.05, 3.63) is 236 Å². The number of hydrogen-bond donors (Lipinski definition) is 5. The Kier molecular flexibility index (Phi) is 51.6. The Morgan fingerprint density at radius 2 is 0.727 bits per heavy atom. The maximum atomic E-state index is 12.8. The first-order valence-electron chi connectivity index (χ1n) is 47.6. The number of phenolic OH excluding ortho intramolecular Hbond substituents is 2. The fourth-order valence-electron chi connectivity index (χ4n) is 14.7. The van der Waals surface area contributed by atoms with Crippen LogP contribution < -0.4 is 49.6 Å². The third kappa shape index (κ3) is 40.4. The van der Waals surface area contributed by atoms with Crippen LogP contribution in [0.5, 0.6) is 34.5 Å². The molecule has 28 nitrogen and oxygen atoms in total. The molecule has 2 unspecified atom stereocenters. The smallest absolute Gasteiger partial charge is 0.415 e. The summed E-state index contributed by atoms with van der Waals surface area (Å²) in [6.45, 7) is 34.6. The summed E-state index contributed by atoms with van der Waals surface area (Å²) in [6, 6.07) is 60.5. The van der Waals surface area contributed by atoms with Gasteiger partial charge in [-0.25, -0.2) is 28.8 Å². The zero-order valence-corrected chi connectivity index (χ0v) is 97.7. The highest BCUT2D eigenvalue weighted by Gasteiger charge is 2.40. The lowest BCUT2D eigenvalue weighted by atomic mass is 9.95. The Morgan fingerprint density at radius 3 is 1.12 bits per heavy atom. The molecule has 0 aromatic heterocycles. The molecule has 0 aliphatic carbocycles. The summed E-state index contributed by atoms with van der Waals surface area (Å²) >= 11 is 42.2. The van der Waals surface area contributed by atoms with E-state index in [2.05, 4.69) is 61.1 Å². The Morgan fingerprint density at radius 1 is 0.407 bits per heavy atom. The number of benzene rings is 12. The van der Waals surface area contributed by atoms with E-state index in [1.54, 1.807) is 95.4 Å². The van der Waals surface area contributed by atoms with Gasteiger partial charge in [-0.3, -0.25) is 35.0 Å². The predicted molar refractivity (Wildman–Crippen MR) is 624 cm³/mol. The fraction of sp³-hybridized carbons (Fsp3) is 0.375. The third-order valence-electron chi connectivity index (χ3n) is 20.1. The lowest BCUT2D eigenvalue weighted by Gasteiger charge is -2.28. The lowest BCUT2D eigenvalue weighted by Crippen LogP contribution is -2.37. The molecule has 0 fully saturated rings. The molecule has 2 aliphatic rings. The Balaban J connectivity index is 0.000000271. The maximum absolute atomic E-state index is 12.8. The SMILES string of the molecule is CC(C)(C)OC(=O)N1CC(CCl)c2c1cc(O)c1ccccc21.CC(C)(C)OC(=O)Nc1cc(O)c2ccccc2c1.COCOc1cc(N(C/C=C\Cl)C(=O)OC(C)(C)C)c(I)c2ccccc12.COCOc1cc(NC(=O)OC(C)(C)C)c(I)c2ccccc12.COCOc1cc(NC(=O)OC(C)(C)C)cc2ccccc12.COCOc1cc2c(c3ccccc13)C(CCl)CN2C(=O)OC(C)(C)C.Cl/C=C\CCl.ClCCl.[2H]CF. The number of carbonyl (C=O) groups excluding carboxylic acids is 6. The van der Waals surface area contributed by atoms with E-state index in [4.69, 9.17) is 149 Å². The van der Waals surface area contributed by atoms with E-state index in [1.165, 1.54) is 22.0 Å². The second kappa shape index (κ2) is 61.3. The Hall–Kier alpha value is -10.6. The highest BCUT2D eigenvalue weighted by molar-refractivity contribution is 14.1. The van der Waals surface area contributed by atoms with Crippen LogP contribution in [0.3, 0.4) is 0 Å². The first-order chi connectivity index (χ1) is 71.2. The summed E-state index contributed by atoms with van der Waals surface area (Å²) in [4.78, 5) is 78.4. The van der Waals surface area contributed by atoms with Gasteiger partial charge in [0.1, 0.15) is 68.1 Å². The highest BCUT2D eigenvalue weighted by atomic mass is 127. The molecular weight excluding hydrogens is 2300 g/mol. The van der Waals surface area contributed by atoms with E-state index < -0.39 is 71.2 Å². The van der Waals surface area contributed by atoms with Crippen LogP contribution in [0.2, 0.25) is 0 Å². The topological polar surface area (TPSA) is 318 Å². The van der Waals surface area contributed by atoms with Crippen LogP contribution in [0, 0.1) is 7.14 Å². The van der Waals surface area contributed by atoms with Crippen LogP contribution in [0.25, 0.3) is 64.6 Å². The second-order valence-electron chi connectivity index (χ2n) is 38.7. The molecule has 0 radical (unpaired) electrons. The molecule has 2 aliphatic heterocycles. The van der Waals surface area contributed by atoms with E-state index in [0.717, 1.165) is 88.6 Å². The van der Waals surface area contributed by atoms with Gasteiger partial charge in [-0.05, 0) is 215 Å². The van der Waals surface area contributed by atoms with Gasteiger partial charge in [-0.1, -0.05) is 181 Å². The molecule has 6 amide bonds. The number of hydrogen-bond acceptors (Lipinski definition) is 22. The Labute approximate surface area is 941 Å². The average molecular weight is 2440 g/mol. The molecule has 814 valence electrons. The molecule has 0 saturated carbocycles. The third-order valence-corrected chi connectivity index (χ3v) is 23.7. The number of allylic oxidation sites excluding steroid dienone is 1. The zero-order valence-electron chi connectivity index (χ0n) is 89.1. The standard InChI is InChI=1S/C20H23ClINO4.C20H24ClNO4.C18H20ClNO3.C17H20INO4.C17H21NO4.C15H17NO3.C3H4Cl2.CH2Cl2.CH3F/c1-20(2,3)27-19(24)23(11-7-10-21)16-12-17(26-13-25-4)14-8-5-6-9-15(14)18(16)22;1-20(2,3)26-19(23)22-11-13(10-21)18-15-8-6-5-7-14(15)17(9-16(18)22)25-12-24-4;1-18(2,3)23-17(22)20-10-11(9-19)16-13-7-5-4-6-12(13)15(21)8-14(16)20;1-17(2,3)23-16(20)19-13-9-14(22-10-21-4)11-7-5-6-8-12(11)15(13)18;1-17(2,3)22-16(19)18-13-9-12-7-5-6-8-14(12)15(10-13)21-11-20-4;1-15(2,3)19-14(18)16-11-8-10-6-4-5-7-12(10)13(17)9-11;4-2-1-3-5;2-1-3;1-2/h5-10,12H,11,13H2,1-4H3;5-9,13H,10-12H2,1-4H3;4-8,11,21H,9-10H2,1-3H3;5-9H,10H2,1-4H3,(H,19,20);5-10H,11H2,1-4H3,(H,18,19);4-9,17H,1-3H3,(H,16,18);1-2H,3H2;1H2;1H3/b10-7-;;;;;;2-1-;;/i;;;;;;;;1D. The van der Waals surface area contributed by atoms with Gasteiger partial charge in [0, 0.05) is 187 Å². The number of carbonyl (C=O) groups is 6. The van der Waals surface area contributed by atoms with Crippen molar-refractivity contribution in [1.29, 1.82) is 0 Å². The van der Waals surface area contributed by atoms with E-state index in [0.29, 0.717) is 82.2 Å². The van der Waals surface area contributed by atoms with Gasteiger partial charge in [0.05, 0.1) is 36.6 Å². The van der Waals surface area contributed by atoms with Crippen molar-refractivity contribution in [3.63, 3.8) is 0 Å². The van der Waals surface area contributed by atoms with Crippen molar-refractivity contribution >= 4 is 262 Å². The zero-order chi connectivity index (χ0) is 112. The van der Waals surface area contributed by atoms with E-state index >= 15 is 0 Å². The molecule has 0 spiro atoms. The number of fused-ring (bicyclic) bond motifs is 10. The number of ether oxygens (including phenoxy) is 14. The summed E-state index contributed by atoms with van der Waals surface area (Å²) in [5, 5.41) is 39.6. The number of amides is 6. The maximum Gasteiger partial charge on any atom is 0.415 e. The van der Waals surface area contributed by atoms with Gasteiger partial charge in [0.2, 0.25) is 0 Å². The number of nitrogens with one attached hydrogen (secondary N) is 3. The van der Waals surface area contributed by atoms with E-state index in [9.17, 15) is 43.4 Å². The molecule has 2 heterocycles. The molecule has 5 N–H and O–H groups in total. The van der Waals surface area contributed by atoms with E-state index in [1.807, 2.05) is 268 Å².